The number of carbonyl (C=O) groups is 11. The fourth-order valence-electron chi connectivity index (χ4n) is 13.4. The van der Waals surface area contributed by atoms with Gasteiger partial charge in [0.2, 0.25) is 65.0 Å². The fraction of sp³-hybridized carbons (Fsp3) is 0.662. The van der Waals surface area contributed by atoms with Crippen LogP contribution in [0.15, 0.2) is 42.5 Å². The van der Waals surface area contributed by atoms with Gasteiger partial charge in [0.15, 0.2) is 0 Å². The van der Waals surface area contributed by atoms with Gasteiger partial charge in [0.25, 0.3) is 0 Å². The van der Waals surface area contributed by atoms with Crippen LogP contribution >= 0.6 is 11.6 Å². The van der Waals surface area contributed by atoms with Crippen LogP contribution in [0.2, 0.25) is 5.02 Å². The van der Waals surface area contributed by atoms with Crippen molar-refractivity contribution in [2.45, 2.75) is 205 Å². The summed E-state index contributed by atoms with van der Waals surface area (Å²) < 4.78 is 41.4. The standard InChI is InChI=1S/C68H99ClF3N11O11/c1-13-43(5)58-65(93)79(9)39-56(86)77(7)40-57(87)81(11)53(37-46-25-23-42(4)24-26-46)64(92)78(8)38-54(84)74-50(30-28-45-27-29-48(49(69)36-45)68(70,71)72)63(91)83-33-19-22-51(83)61(89)76-67(31-17-18-32-67)66(94)82(12)59(47-20-15-14-16-21-47)62(90)73-44(6)35-55(85)80(10)52(34-41(2)3)60(88)75-58/h23-27,29,36,41,43-44,47,50-53,58-59H,13-22,28,30-35,37-40H2,1-12H3,(H,73,90)(H,74,84)(H,75,88)(H,76,89)/t43-,44+,50-,51?,52-,53-,58-,59-/m0/s1. The van der Waals surface area contributed by atoms with E-state index in [0.29, 0.717) is 49.7 Å². The van der Waals surface area contributed by atoms with Crippen molar-refractivity contribution in [3.8, 4) is 0 Å². The Morgan fingerprint density at radius 3 is 1.85 bits per heavy atom. The predicted octanol–water partition coefficient (Wildman–Crippen LogP) is 5.67. The number of aryl methyl sites for hydroxylation is 2. The number of benzene rings is 2. The highest BCUT2D eigenvalue weighted by Crippen LogP contribution is 2.37. The zero-order valence-electron chi connectivity index (χ0n) is 56.8. The van der Waals surface area contributed by atoms with Gasteiger partial charge in [-0.1, -0.05) is 114 Å². The molecule has 2 heterocycles. The van der Waals surface area contributed by atoms with Crippen LogP contribution in [-0.2, 0) is 71.8 Å². The van der Waals surface area contributed by atoms with Crippen LogP contribution in [-0.4, -0.2) is 216 Å². The van der Waals surface area contributed by atoms with E-state index in [4.69, 9.17) is 11.6 Å². The molecule has 4 fully saturated rings. The molecule has 2 saturated heterocycles. The molecule has 4 aliphatic rings. The van der Waals surface area contributed by atoms with Crippen LogP contribution in [0, 0.1) is 24.7 Å². The molecule has 11 amide bonds. The number of halogens is 4. The first-order chi connectivity index (χ1) is 44.2. The first-order valence-corrected chi connectivity index (χ1v) is 33.5. The van der Waals surface area contributed by atoms with E-state index in [-0.39, 0.29) is 69.7 Å². The number of hydrogen-bond acceptors (Lipinski definition) is 11. The number of alkyl halides is 3. The second kappa shape index (κ2) is 33.4. The third-order valence-electron chi connectivity index (χ3n) is 19.4. The van der Waals surface area contributed by atoms with Gasteiger partial charge in [-0.05, 0) is 113 Å². The molecule has 0 bridgehead atoms. The summed E-state index contributed by atoms with van der Waals surface area (Å²) in [7, 11) is 8.50. The van der Waals surface area contributed by atoms with Crippen LogP contribution in [0.1, 0.15) is 153 Å². The van der Waals surface area contributed by atoms with Gasteiger partial charge < -0.3 is 55.6 Å². The highest BCUT2D eigenvalue weighted by Gasteiger charge is 2.50. The largest absolute Gasteiger partial charge is 0.417 e. The van der Waals surface area contributed by atoms with E-state index in [0.717, 1.165) is 56.6 Å². The quantitative estimate of drug-likeness (QED) is 0.225. The van der Waals surface area contributed by atoms with E-state index in [9.17, 15) is 56.3 Å². The van der Waals surface area contributed by atoms with Gasteiger partial charge in [-0.15, -0.1) is 0 Å². The average molecular weight is 1340 g/mol. The number of nitrogens with zero attached hydrogens (tertiary/aromatic N) is 7. The van der Waals surface area contributed by atoms with Gasteiger partial charge >= 0.3 is 6.18 Å². The van der Waals surface area contributed by atoms with Crippen molar-refractivity contribution in [2.24, 2.45) is 17.8 Å². The van der Waals surface area contributed by atoms with Crippen LogP contribution in [0.4, 0.5) is 13.2 Å². The minimum atomic E-state index is -4.75. The number of likely N-dealkylation sites (N-methyl/N-ethyl adjacent to an activating group) is 6. The van der Waals surface area contributed by atoms with E-state index in [1.54, 1.807) is 33.0 Å². The first kappa shape index (κ1) is 75.7. The highest BCUT2D eigenvalue weighted by atomic mass is 35.5. The van der Waals surface area contributed by atoms with Crippen molar-refractivity contribution in [3.05, 3.63) is 69.7 Å². The molecule has 4 N–H and O–H groups in total. The molecular weight excluding hydrogens is 1240 g/mol. The lowest BCUT2D eigenvalue weighted by molar-refractivity contribution is -0.150. The lowest BCUT2D eigenvalue weighted by Crippen LogP contribution is -2.64. The first-order valence-electron chi connectivity index (χ1n) is 33.1. The zero-order valence-corrected chi connectivity index (χ0v) is 57.6. The maximum atomic E-state index is 15.3. The summed E-state index contributed by atoms with van der Waals surface area (Å²) >= 11 is 6.13. The van der Waals surface area contributed by atoms with Crippen molar-refractivity contribution in [1.29, 1.82) is 0 Å². The summed E-state index contributed by atoms with van der Waals surface area (Å²) in [6, 6.07) is 2.50. The molecule has 1 unspecified atom stereocenters. The van der Waals surface area contributed by atoms with E-state index < -0.39 is 155 Å². The molecule has 0 radical (unpaired) electrons. The second-order valence-electron chi connectivity index (χ2n) is 27.2. The number of fused-ring (bicyclic) bond motifs is 1. The summed E-state index contributed by atoms with van der Waals surface area (Å²) in [6.45, 7) is 9.24. The van der Waals surface area contributed by atoms with E-state index >= 15 is 9.59 Å². The molecule has 22 nitrogen and oxygen atoms in total. The minimum Gasteiger partial charge on any atom is -0.351 e. The van der Waals surface area contributed by atoms with Gasteiger partial charge in [0.05, 0.1) is 30.2 Å². The molecule has 0 aromatic heterocycles. The summed E-state index contributed by atoms with van der Waals surface area (Å²) in [6.07, 6.45) is 1.19. The van der Waals surface area contributed by atoms with Crippen LogP contribution in [0.3, 0.4) is 0 Å². The maximum Gasteiger partial charge on any atom is 0.417 e. The Morgan fingerprint density at radius 2 is 1.24 bits per heavy atom. The molecule has 2 saturated carbocycles. The molecule has 6 rings (SSSR count). The van der Waals surface area contributed by atoms with Crippen molar-refractivity contribution in [1.82, 2.24) is 55.6 Å². The van der Waals surface area contributed by atoms with Crippen LogP contribution in [0.5, 0.6) is 0 Å². The molecule has 8 atom stereocenters. The molecule has 2 aromatic rings. The normalized spacial score (nSPS) is 25.6. The molecule has 2 aliphatic carbocycles. The Kier molecular flexibility index (Phi) is 26.9. The number of rotatable bonds is 10. The predicted molar refractivity (Wildman–Crippen MR) is 348 cm³/mol. The Labute approximate surface area is 556 Å². The third kappa shape index (κ3) is 19.4. The molecule has 520 valence electrons. The SMILES string of the molecule is CC[C@H](C)[C@@H]1NC(=O)[C@H](CC(C)C)N(C)C(=O)C[C@@H](C)NC(=O)[C@H](C2CCCCC2)N(C)C(=O)C2(CCCC2)NC(=O)C2CCCN2C(=O)[C@H](CCc2ccc(C(F)(F)F)c(Cl)c2)NC(=O)CN(C)C(=O)[C@H](Cc2ccc(C)cc2)N(C)C(=O)CN(C)C(=O)CN(C)C1=O. The zero-order chi connectivity index (χ0) is 69.7. The molecule has 1 spiro atoms. The third-order valence-corrected chi connectivity index (χ3v) is 19.7. The number of amides is 11. The van der Waals surface area contributed by atoms with Crippen LogP contribution < -0.4 is 21.3 Å². The lowest BCUT2D eigenvalue weighted by atomic mass is 9.82. The molecule has 2 aromatic carbocycles. The van der Waals surface area contributed by atoms with E-state index in [2.05, 4.69) is 21.3 Å². The van der Waals surface area contributed by atoms with Gasteiger partial charge in [0, 0.05) is 67.7 Å². The Morgan fingerprint density at radius 1 is 0.638 bits per heavy atom. The number of carbonyl (C=O) groups excluding carboxylic acids is 11. The number of nitrogens with one attached hydrogen (secondary N) is 4. The Balaban J connectivity index is 1.39. The van der Waals surface area contributed by atoms with Gasteiger partial charge in [-0.2, -0.15) is 13.2 Å². The number of hydrogen-bond donors (Lipinski definition) is 4. The van der Waals surface area contributed by atoms with Gasteiger partial charge in [-0.3, -0.25) is 52.7 Å². The molecule has 26 heteroatoms. The summed E-state index contributed by atoms with van der Waals surface area (Å²) in [5.41, 5.74) is -0.692. The van der Waals surface area contributed by atoms with Crippen LogP contribution in [0.25, 0.3) is 0 Å². The minimum absolute atomic E-state index is 0.0408. The maximum absolute atomic E-state index is 15.3. The fourth-order valence-corrected chi connectivity index (χ4v) is 13.8. The van der Waals surface area contributed by atoms with Gasteiger partial charge in [0.1, 0.15) is 41.8 Å². The summed E-state index contributed by atoms with van der Waals surface area (Å²) in [4.78, 5) is 169. The topological polar surface area (TPSA) is 259 Å². The summed E-state index contributed by atoms with van der Waals surface area (Å²) in [5.74, 6) is -7.76. The summed E-state index contributed by atoms with van der Waals surface area (Å²) in [5, 5.41) is 11.1. The van der Waals surface area contributed by atoms with Crippen molar-refractivity contribution in [3.63, 3.8) is 0 Å². The average Bonchev–Trinajstić information content (AvgIpc) is 1.33. The Bertz CT molecular complexity index is 3070. The molecule has 2 aliphatic heterocycles. The molecule has 94 heavy (non-hydrogen) atoms. The van der Waals surface area contributed by atoms with Crippen molar-refractivity contribution >= 4 is 76.6 Å². The Hall–Kier alpha value is -7.31. The lowest BCUT2D eigenvalue weighted by Gasteiger charge is -2.41. The van der Waals surface area contributed by atoms with Crippen molar-refractivity contribution < 1.29 is 65.9 Å². The second-order valence-corrected chi connectivity index (χ2v) is 27.6. The highest BCUT2D eigenvalue weighted by molar-refractivity contribution is 6.31. The van der Waals surface area contributed by atoms with Gasteiger partial charge in [-0.25, -0.2) is 0 Å². The van der Waals surface area contributed by atoms with Crippen molar-refractivity contribution in [2.75, 3.05) is 68.5 Å². The van der Waals surface area contributed by atoms with E-state index in [1.165, 1.54) is 56.0 Å². The monoisotopic (exact) mass is 1340 g/mol. The van der Waals surface area contributed by atoms with E-state index in [1.807, 2.05) is 39.8 Å². The molecular formula is C68H99ClF3N11O11. The smallest absolute Gasteiger partial charge is 0.351 e.